The SMILES string of the molecule is COc1ccc2occ(C(CC(=O)N3CCN(C)CC3)c3c(O)cc(O)c4c(=O)cc(-c5ccccc5)oc34)c(=O)c2c1. The first-order chi connectivity index (χ1) is 20.7. The molecule has 43 heavy (non-hydrogen) atoms. The molecular formula is C33H30N2O8. The number of amides is 1. The maximum absolute atomic E-state index is 14.0. The molecule has 1 amide bonds. The smallest absolute Gasteiger partial charge is 0.223 e. The lowest BCUT2D eigenvalue weighted by molar-refractivity contribution is -0.133. The van der Waals surface area contributed by atoms with Crippen LogP contribution in [0.4, 0.5) is 0 Å². The number of hydrogen-bond donors (Lipinski definition) is 2. The molecule has 10 nitrogen and oxygen atoms in total. The predicted molar refractivity (Wildman–Crippen MR) is 161 cm³/mol. The van der Waals surface area contributed by atoms with E-state index in [1.54, 1.807) is 47.4 Å². The van der Waals surface area contributed by atoms with Gasteiger partial charge in [0.1, 0.15) is 39.6 Å². The summed E-state index contributed by atoms with van der Waals surface area (Å²) in [7, 11) is 3.46. The van der Waals surface area contributed by atoms with Crippen molar-refractivity contribution < 1.29 is 28.6 Å². The van der Waals surface area contributed by atoms with Crippen molar-refractivity contribution in [2.45, 2.75) is 12.3 Å². The summed E-state index contributed by atoms with van der Waals surface area (Å²) in [5.74, 6) is -1.60. The minimum Gasteiger partial charge on any atom is -0.507 e. The summed E-state index contributed by atoms with van der Waals surface area (Å²) in [6, 6.07) is 16.0. The Labute approximate surface area is 246 Å². The molecule has 1 aliphatic rings. The lowest BCUT2D eigenvalue weighted by atomic mass is 9.86. The van der Waals surface area contributed by atoms with Crippen LogP contribution in [0.25, 0.3) is 33.3 Å². The number of likely N-dealkylation sites (N-methyl/N-ethyl adjacent to an activating group) is 1. The Balaban J connectivity index is 1.60. The molecule has 0 spiro atoms. The number of carbonyl (C=O) groups excluding carboxylic acids is 1. The fraction of sp³-hybridized carbons (Fsp3) is 0.242. The molecule has 0 saturated carbocycles. The molecule has 220 valence electrons. The molecule has 1 fully saturated rings. The average molecular weight is 583 g/mol. The highest BCUT2D eigenvalue weighted by molar-refractivity contribution is 5.91. The van der Waals surface area contributed by atoms with E-state index in [-0.39, 0.29) is 45.6 Å². The molecule has 1 aliphatic heterocycles. The van der Waals surface area contributed by atoms with Crippen LogP contribution in [0.1, 0.15) is 23.5 Å². The van der Waals surface area contributed by atoms with Gasteiger partial charge in [0, 0.05) is 67.3 Å². The molecular weight excluding hydrogens is 552 g/mol. The van der Waals surface area contributed by atoms with Gasteiger partial charge in [0.25, 0.3) is 0 Å². The van der Waals surface area contributed by atoms with Crippen LogP contribution >= 0.6 is 0 Å². The molecule has 3 aromatic carbocycles. The van der Waals surface area contributed by atoms with Crippen LogP contribution in [0, 0.1) is 0 Å². The van der Waals surface area contributed by atoms with E-state index in [1.807, 2.05) is 13.1 Å². The zero-order valence-corrected chi connectivity index (χ0v) is 23.7. The molecule has 6 rings (SSSR count). The Morgan fingerprint density at radius 2 is 1.72 bits per heavy atom. The number of ether oxygens (including phenoxy) is 1. The van der Waals surface area contributed by atoms with E-state index in [1.165, 1.54) is 19.4 Å². The van der Waals surface area contributed by atoms with Gasteiger partial charge < -0.3 is 33.6 Å². The van der Waals surface area contributed by atoms with Gasteiger partial charge in [0.2, 0.25) is 5.91 Å². The third-order valence-electron chi connectivity index (χ3n) is 8.02. The number of rotatable bonds is 6. The topological polar surface area (TPSA) is 134 Å². The Hall–Kier alpha value is -5.09. The average Bonchev–Trinajstić information content (AvgIpc) is 3.01. The first-order valence-electron chi connectivity index (χ1n) is 13.9. The fourth-order valence-corrected chi connectivity index (χ4v) is 5.62. The Kier molecular flexibility index (Phi) is 7.37. The van der Waals surface area contributed by atoms with Crippen molar-refractivity contribution in [3.05, 3.63) is 98.5 Å². The summed E-state index contributed by atoms with van der Waals surface area (Å²) >= 11 is 0. The summed E-state index contributed by atoms with van der Waals surface area (Å²) in [6.45, 7) is 2.39. The summed E-state index contributed by atoms with van der Waals surface area (Å²) in [5, 5.41) is 22.1. The van der Waals surface area contributed by atoms with E-state index >= 15 is 0 Å². The van der Waals surface area contributed by atoms with E-state index < -0.39 is 28.3 Å². The molecule has 1 unspecified atom stereocenters. The summed E-state index contributed by atoms with van der Waals surface area (Å²) in [5.41, 5.74) is -0.0750. The van der Waals surface area contributed by atoms with E-state index in [4.69, 9.17) is 13.6 Å². The van der Waals surface area contributed by atoms with Gasteiger partial charge in [0.05, 0.1) is 18.8 Å². The van der Waals surface area contributed by atoms with E-state index in [0.717, 1.165) is 6.07 Å². The molecule has 1 saturated heterocycles. The number of methoxy groups -OCH3 is 1. The molecule has 2 N–H and O–H groups in total. The van der Waals surface area contributed by atoms with Gasteiger partial charge in [-0.2, -0.15) is 0 Å². The van der Waals surface area contributed by atoms with E-state index in [2.05, 4.69) is 4.90 Å². The molecule has 0 aliphatic carbocycles. The zero-order chi connectivity index (χ0) is 30.2. The van der Waals surface area contributed by atoms with E-state index in [9.17, 15) is 24.6 Å². The van der Waals surface area contributed by atoms with Crippen molar-refractivity contribution in [3.8, 4) is 28.6 Å². The fourth-order valence-electron chi connectivity index (χ4n) is 5.62. The second kappa shape index (κ2) is 11.3. The van der Waals surface area contributed by atoms with Crippen molar-refractivity contribution in [1.29, 1.82) is 0 Å². The van der Waals surface area contributed by atoms with Crippen LogP contribution < -0.4 is 15.6 Å². The van der Waals surface area contributed by atoms with Crippen LogP contribution in [0.3, 0.4) is 0 Å². The first kappa shape index (κ1) is 28.0. The molecule has 0 bridgehead atoms. The van der Waals surface area contributed by atoms with Crippen molar-refractivity contribution in [2.24, 2.45) is 0 Å². The lowest BCUT2D eigenvalue weighted by Crippen LogP contribution is -2.47. The molecule has 1 atom stereocenters. The largest absolute Gasteiger partial charge is 0.507 e. The second-order valence-corrected chi connectivity index (χ2v) is 10.7. The van der Waals surface area contributed by atoms with Gasteiger partial charge in [-0.15, -0.1) is 0 Å². The number of piperazine rings is 1. The summed E-state index contributed by atoms with van der Waals surface area (Å²) < 4.78 is 17.4. The predicted octanol–water partition coefficient (Wildman–Crippen LogP) is 4.28. The zero-order valence-electron chi connectivity index (χ0n) is 23.7. The molecule has 0 radical (unpaired) electrons. The van der Waals surface area contributed by atoms with Gasteiger partial charge in [0.15, 0.2) is 10.9 Å². The van der Waals surface area contributed by atoms with Gasteiger partial charge in [-0.25, -0.2) is 0 Å². The number of nitrogens with zero attached hydrogens (tertiary/aromatic N) is 2. The monoisotopic (exact) mass is 582 g/mol. The maximum Gasteiger partial charge on any atom is 0.223 e. The van der Waals surface area contributed by atoms with Crippen molar-refractivity contribution >= 4 is 27.8 Å². The molecule has 5 aromatic rings. The number of fused-ring (bicyclic) bond motifs is 2. The number of hydrogen-bond acceptors (Lipinski definition) is 9. The number of aromatic hydroxyl groups is 2. The van der Waals surface area contributed by atoms with Crippen molar-refractivity contribution in [2.75, 3.05) is 40.3 Å². The van der Waals surface area contributed by atoms with Crippen molar-refractivity contribution in [1.82, 2.24) is 9.80 Å². The number of benzene rings is 3. The number of carbonyl (C=O) groups is 1. The summed E-state index contributed by atoms with van der Waals surface area (Å²) in [4.78, 5) is 44.9. The minimum atomic E-state index is -1.09. The van der Waals surface area contributed by atoms with Crippen LogP contribution in [-0.4, -0.2) is 66.3 Å². The maximum atomic E-state index is 14.0. The number of phenolic OH excluding ortho intramolecular Hbond substituents is 2. The molecule has 10 heteroatoms. The van der Waals surface area contributed by atoms with E-state index in [0.29, 0.717) is 43.1 Å². The van der Waals surface area contributed by atoms with Crippen molar-refractivity contribution in [3.63, 3.8) is 0 Å². The Morgan fingerprint density at radius 3 is 2.44 bits per heavy atom. The van der Waals surface area contributed by atoms with Crippen LogP contribution in [0.15, 0.2) is 85.4 Å². The first-order valence-corrected chi connectivity index (χ1v) is 13.9. The molecule has 3 heterocycles. The number of phenols is 2. The highest BCUT2D eigenvalue weighted by Crippen LogP contribution is 2.43. The standard InChI is InChI=1S/C33H30N2O8/c1-34-10-12-35(13-11-34)29(39)15-21(23-18-42-27-9-8-20(41-2)14-22(27)32(23)40)30-24(36)16-25(37)31-26(38)17-28(43-33(30)31)19-6-4-3-5-7-19/h3-9,14,16-18,21,36-37H,10-13,15H2,1-2H3. The Bertz CT molecular complexity index is 1960. The minimum absolute atomic E-state index is 0.0275. The van der Waals surface area contributed by atoms with Gasteiger partial charge in [-0.3, -0.25) is 14.4 Å². The second-order valence-electron chi connectivity index (χ2n) is 10.7. The quantitative estimate of drug-likeness (QED) is 0.301. The third-order valence-corrected chi connectivity index (χ3v) is 8.02. The van der Waals surface area contributed by atoms with Crippen LogP contribution in [0.2, 0.25) is 0 Å². The van der Waals surface area contributed by atoms with Gasteiger partial charge >= 0.3 is 0 Å². The van der Waals surface area contributed by atoms with Gasteiger partial charge in [-0.1, -0.05) is 30.3 Å². The Morgan fingerprint density at radius 1 is 0.977 bits per heavy atom. The lowest BCUT2D eigenvalue weighted by Gasteiger charge is -2.33. The van der Waals surface area contributed by atoms with Crippen LogP contribution in [0.5, 0.6) is 17.2 Å². The van der Waals surface area contributed by atoms with Gasteiger partial charge in [-0.05, 0) is 25.2 Å². The molecule has 2 aromatic heterocycles. The summed E-state index contributed by atoms with van der Waals surface area (Å²) in [6.07, 6.45) is 1.05. The normalized spacial score (nSPS) is 14.7. The highest BCUT2D eigenvalue weighted by Gasteiger charge is 2.32. The van der Waals surface area contributed by atoms with Crippen LogP contribution in [-0.2, 0) is 4.79 Å². The highest BCUT2D eigenvalue weighted by atomic mass is 16.5. The third kappa shape index (κ3) is 5.21.